The number of carbonyl (C=O) groups excluding carboxylic acids is 1. The minimum Gasteiger partial charge on any atom is -0.308 e. The third-order valence-corrected chi connectivity index (χ3v) is 6.88. The van der Waals surface area contributed by atoms with Gasteiger partial charge >= 0.3 is 0 Å². The second-order valence-electron chi connectivity index (χ2n) is 7.62. The summed E-state index contributed by atoms with van der Waals surface area (Å²) >= 11 is 0. The van der Waals surface area contributed by atoms with E-state index in [4.69, 9.17) is 0 Å². The molecule has 1 aliphatic rings. The molecule has 0 saturated carbocycles. The summed E-state index contributed by atoms with van der Waals surface area (Å²) in [6.07, 6.45) is 1.53. The Balaban J connectivity index is 1.63. The van der Waals surface area contributed by atoms with E-state index in [2.05, 4.69) is 4.72 Å². The zero-order valence-corrected chi connectivity index (χ0v) is 17.9. The third-order valence-electron chi connectivity index (χ3n) is 5.50. The van der Waals surface area contributed by atoms with E-state index in [0.717, 1.165) is 35.2 Å². The summed E-state index contributed by atoms with van der Waals surface area (Å²) in [7, 11) is -3.72. The van der Waals surface area contributed by atoms with Gasteiger partial charge < -0.3 is 4.90 Å². The lowest BCUT2D eigenvalue weighted by atomic mass is 10.0. The minimum atomic E-state index is -3.72. The summed E-state index contributed by atoms with van der Waals surface area (Å²) < 4.78 is 28.5. The second-order valence-corrected chi connectivity index (χ2v) is 9.30. The standard InChI is InChI=1S/C24H24N2O3S/c1-17-10-11-21(15-18(17)2)25-30(28,29)22-12-13-23-20(16-22)9-6-14-26(23)24(27)19-7-4-3-5-8-19/h3-5,7-8,10-13,15-16,25H,6,9,14H2,1-2H3. The average Bonchev–Trinajstić information content (AvgIpc) is 2.75. The zero-order chi connectivity index (χ0) is 21.3. The quantitative estimate of drug-likeness (QED) is 0.665. The first-order valence-electron chi connectivity index (χ1n) is 9.95. The van der Waals surface area contributed by atoms with Crippen LogP contribution in [0.5, 0.6) is 0 Å². The van der Waals surface area contributed by atoms with Gasteiger partial charge in [0.15, 0.2) is 0 Å². The minimum absolute atomic E-state index is 0.0691. The second kappa shape index (κ2) is 7.95. The summed E-state index contributed by atoms with van der Waals surface area (Å²) in [5, 5.41) is 0. The first kappa shape index (κ1) is 20.2. The molecule has 30 heavy (non-hydrogen) atoms. The van der Waals surface area contributed by atoms with Crippen LogP contribution in [-0.2, 0) is 16.4 Å². The van der Waals surface area contributed by atoms with Gasteiger partial charge in [0.2, 0.25) is 0 Å². The molecule has 1 heterocycles. The lowest BCUT2D eigenvalue weighted by molar-refractivity contribution is 0.0985. The number of amides is 1. The predicted octanol–water partition coefficient (Wildman–Crippen LogP) is 4.70. The van der Waals surface area contributed by atoms with Gasteiger partial charge in [-0.1, -0.05) is 24.3 Å². The van der Waals surface area contributed by atoms with E-state index in [-0.39, 0.29) is 10.8 Å². The molecule has 6 heteroatoms. The monoisotopic (exact) mass is 420 g/mol. The van der Waals surface area contributed by atoms with Crippen molar-refractivity contribution < 1.29 is 13.2 Å². The summed E-state index contributed by atoms with van der Waals surface area (Å²) in [5.41, 5.74) is 4.94. The normalized spacial score (nSPS) is 13.6. The van der Waals surface area contributed by atoms with Crippen LogP contribution in [0.1, 0.15) is 33.5 Å². The summed E-state index contributed by atoms with van der Waals surface area (Å²) in [6, 6.07) is 19.6. The van der Waals surface area contributed by atoms with Crippen LogP contribution in [-0.4, -0.2) is 20.9 Å². The predicted molar refractivity (Wildman–Crippen MR) is 120 cm³/mol. The van der Waals surface area contributed by atoms with Crippen LogP contribution in [0.15, 0.2) is 71.6 Å². The Labute approximate surface area is 177 Å². The molecule has 0 atom stereocenters. The Hall–Kier alpha value is -3.12. The van der Waals surface area contributed by atoms with Crippen LogP contribution in [0.2, 0.25) is 0 Å². The van der Waals surface area contributed by atoms with E-state index < -0.39 is 10.0 Å². The van der Waals surface area contributed by atoms with Gasteiger partial charge in [0.1, 0.15) is 0 Å². The van der Waals surface area contributed by atoms with Gasteiger partial charge in [-0.25, -0.2) is 8.42 Å². The molecule has 4 rings (SSSR count). The lowest BCUT2D eigenvalue weighted by Crippen LogP contribution is -2.35. The van der Waals surface area contributed by atoms with E-state index in [0.29, 0.717) is 17.8 Å². The van der Waals surface area contributed by atoms with E-state index in [1.165, 1.54) is 0 Å². The van der Waals surface area contributed by atoms with Crippen LogP contribution in [0.4, 0.5) is 11.4 Å². The average molecular weight is 421 g/mol. The Morgan fingerprint density at radius 1 is 0.933 bits per heavy atom. The molecule has 0 bridgehead atoms. The van der Waals surface area contributed by atoms with E-state index in [1.54, 1.807) is 41.3 Å². The SMILES string of the molecule is Cc1ccc(NS(=O)(=O)c2ccc3c(c2)CCCN3C(=O)c2ccccc2)cc1C. The van der Waals surface area contributed by atoms with Crippen molar-refractivity contribution in [2.45, 2.75) is 31.6 Å². The van der Waals surface area contributed by atoms with Gasteiger partial charge in [-0.05, 0) is 85.8 Å². The topological polar surface area (TPSA) is 66.5 Å². The number of sulfonamides is 1. The van der Waals surface area contributed by atoms with Gasteiger partial charge in [-0.3, -0.25) is 9.52 Å². The number of anilines is 2. The van der Waals surface area contributed by atoms with Crippen LogP contribution < -0.4 is 9.62 Å². The van der Waals surface area contributed by atoms with Crippen molar-refractivity contribution in [1.29, 1.82) is 0 Å². The Bertz CT molecular complexity index is 1200. The molecule has 1 aliphatic heterocycles. The Morgan fingerprint density at radius 2 is 1.70 bits per heavy atom. The number of aryl methyl sites for hydroxylation is 3. The maximum Gasteiger partial charge on any atom is 0.261 e. The van der Waals surface area contributed by atoms with E-state index >= 15 is 0 Å². The summed E-state index contributed by atoms with van der Waals surface area (Å²) in [5.74, 6) is -0.0691. The van der Waals surface area contributed by atoms with Crippen LogP contribution >= 0.6 is 0 Å². The number of nitrogens with one attached hydrogen (secondary N) is 1. The fourth-order valence-corrected chi connectivity index (χ4v) is 4.81. The molecule has 0 aliphatic carbocycles. The molecule has 154 valence electrons. The summed E-state index contributed by atoms with van der Waals surface area (Å²) in [6.45, 7) is 4.55. The molecule has 3 aromatic carbocycles. The Kier molecular flexibility index (Phi) is 5.35. The zero-order valence-electron chi connectivity index (χ0n) is 17.1. The third kappa shape index (κ3) is 3.96. The van der Waals surface area contributed by atoms with E-state index in [1.807, 2.05) is 44.2 Å². The molecule has 0 fully saturated rings. The van der Waals surface area contributed by atoms with Crippen molar-refractivity contribution >= 4 is 27.3 Å². The molecule has 0 radical (unpaired) electrons. The van der Waals surface area contributed by atoms with Crippen molar-refractivity contribution in [2.75, 3.05) is 16.2 Å². The van der Waals surface area contributed by atoms with Crippen molar-refractivity contribution in [3.8, 4) is 0 Å². The number of carbonyl (C=O) groups is 1. The van der Waals surface area contributed by atoms with Gasteiger partial charge in [0, 0.05) is 23.5 Å². The lowest BCUT2D eigenvalue weighted by Gasteiger charge is -2.30. The maximum absolute atomic E-state index is 12.9. The highest BCUT2D eigenvalue weighted by Crippen LogP contribution is 2.31. The van der Waals surface area contributed by atoms with Gasteiger partial charge in [-0.15, -0.1) is 0 Å². The Morgan fingerprint density at radius 3 is 2.43 bits per heavy atom. The summed E-state index contributed by atoms with van der Waals surface area (Å²) in [4.78, 5) is 14.9. The van der Waals surface area contributed by atoms with Crippen molar-refractivity contribution in [3.05, 3.63) is 89.0 Å². The molecular formula is C24H24N2O3S. The van der Waals surface area contributed by atoms with Gasteiger partial charge in [-0.2, -0.15) is 0 Å². The number of fused-ring (bicyclic) bond motifs is 1. The van der Waals surface area contributed by atoms with Crippen LogP contribution in [0.25, 0.3) is 0 Å². The maximum atomic E-state index is 12.9. The number of nitrogens with zero attached hydrogens (tertiary/aromatic N) is 1. The largest absolute Gasteiger partial charge is 0.308 e. The highest BCUT2D eigenvalue weighted by Gasteiger charge is 2.25. The number of hydrogen-bond donors (Lipinski definition) is 1. The first-order chi connectivity index (χ1) is 14.3. The van der Waals surface area contributed by atoms with Gasteiger partial charge in [0.05, 0.1) is 4.90 Å². The number of benzene rings is 3. The molecule has 1 N–H and O–H groups in total. The molecule has 5 nitrogen and oxygen atoms in total. The molecular weight excluding hydrogens is 396 g/mol. The molecule has 1 amide bonds. The van der Waals surface area contributed by atoms with Crippen LogP contribution in [0.3, 0.4) is 0 Å². The van der Waals surface area contributed by atoms with E-state index in [9.17, 15) is 13.2 Å². The highest BCUT2D eigenvalue weighted by atomic mass is 32.2. The van der Waals surface area contributed by atoms with Gasteiger partial charge in [0.25, 0.3) is 15.9 Å². The molecule has 0 unspecified atom stereocenters. The molecule has 0 saturated heterocycles. The highest BCUT2D eigenvalue weighted by molar-refractivity contribution is 7.92. The van der Waals surface area contributed by atoms with Crippen molar-refractivity contribution in [2.24, 2.45) is 0 Å². The number of hydrogen-bond acceptors (Lipinski definition) is 3. The smallest absolute Gasteiger partial charge is 0.261 e. The van der Waals surface area contributed by atoms with Crippen molar-refractivity contribution in [1.82, 2.24) is 0 Å². The molecule has 0 aromatic heterocycles. The number of rotatable bonds is 4. The fraction of sp³-hybridized carbons (Fsp3) is 0.208. The fourth-order valence-electron chi connectivity index (χ4n) is 3.71. The molecule has 0 spiro atoms. The molecule has 3 aromatic rings. The van der Waals surface area contributed by atoms with Crippen LogP contribution in [0, 0.1) is 13.8 Å². The van der Waals surface area contributed by atoms with Crippen molar-refractivity contribution in [3.63, 3.8) is 0 Å². The first-order valence-corrected chi connectivity index (χ1v) is 11.4.